The molecule has 1 aromatic carbocycles. The van der Waals surface area contributed by atoms with Gasteiger partial charge in [0.05, 0.1) is 18.2 Å². The molecule has 2 aliphatic heterocycles. The van der Waals surface area contributed by atoms with Crippen LogP contribution in [0.25, 0.3) is 0 Å². The monoisotopic (exact) mass is 348 g/mol. The zero-order valence-electron chi connectivity index (χ0n) is 14.4. The number of amides is 2. The van der Waals surface area contributed by atoms with E-state index in [1.165, 1.54) is 6.07 Å². The van der Waals surface area contributed by atoms with Gasteiger partial charge < -0.3 is 20.1 Å². The first kappa shape index (κ1) is 16.8. The second-order valence-electron chi connectivity index (χ2n) is 7.43. The molecule has 2 heterocycles. The SMILES string of the molecule is O=C(N[C@H]1CCO[C@]2(CCOC2)C1)N[C@H]1CCCc2ccc(F)cc21. The van der Waals surface area contributed by atoms with Crippen LogP contribution in [-0.2, 0) is 15.9 Å². The molecular formula is C19H25FN2O3. The molecule has 1 aromatic rings. The Bertz CT molecular complexity index is 646. The normalized spacial score (nSPS) is 31.6. The van der Waals surface area contributed by atoms with E-state index in [9.17, 15) is 9.18 Å². The van der Waals surface area contributed by atoms with Gasteiger partial charge >= 0.3 is 6.03 Å². The minimum atomic E-state index is -0.250. The maximum Gasteiger partial charge on any atom is 0.315 e. The lowest BCUT2D eigenvalue weighted by molar-refractivity contribution is -0.0878. The van der Waals surface area contributed by atoms with E-state index in [0.29, 0.717) is 13.2 Å². The van der Waals surface area contributed by atoms with E-state index in [4.69, 9.17) is 9.47 Å². The number of hydrogen-bond donors (Lipinski definition) is 2. The van der Waals surface area contributed by atoms with Gasteiger partial charge in [-0.05, 0) is 55.4 Å². The summed E-state index contributed by atoms with van der Waals surface area (Å²) < 4.78 is 25.0. The first-order chi connectivity index (χ1) is 12.1. The lowest BCUT2D eigenvalue weighted by atomic mass is 9.87. The minimum absolute atomic E-state index is 0.0889. The fourth-order valence-corrected chi connectivity index (χ4v) is 4.32. The number of carbonyl (C=O) groups excluding carboxylic acids is 1. The number of rotatable bonds is 2. The highest BCUT2D eigenvalue weighted by Crippen LogP contribution is 2.33. The molecule has 0 bridgehead atoms. The number of urea groups is 1. The van der Waals surface area contributed by atoms with E-state index in [1.54, 1.807) is 6.07 Å². The van der Waals surface area contributed by atoms with Gasteiger partial charge in [-0.25, -0.2) is 9.18 Å². The van der Waals surface area contributed by atoms with Gasteiger partial charge in [-0.2, -0.15) is 0 Å². The molecule has 25 heavy (non-hydrogen) atoms. The van der Waals surface area contributed by atoms with Crippen molar-refractivity contribution in [3.8, 4) is 0 Å². The number of carbonyl (C=O) groups is 1. The van der Waals surface area contributed by atoms with Crippen molar-refractivity contribution < 1.29 is 18.7 Å². The van der Waals surface area contributed by atoms with Gasteiger partial charge in [-0.15, -0.1) is 0 Å². The Morgan fingerprint density at radius 1 is 1.24 bits per heavy atom. The Hall–Kier alpha value is -1.66. The number of ether oxygens (including phenoxy) is 2. The molecular weight excluding hydrogens is 323 g/mol. The Morgan fingerprint density at radius 3 is 3.00 bits per heavy atom. The molecule has 3 aliphatic rings. The van der Waals surface area contributed by atoms with Gasteiger partial charge in [0.25, 0.3) is 0 Å². The second-order valence-corrected chi connectivity index (χ2v) is 7.43. The Morgan fingerprint density at radius 2 is 2.16 bits per heavy atom. The van der Waals surface area contributed by atoms with Crippen molar-refractivity contribution in [1.29, 1.82) is 0 Å². The summed E-state index contributed by atoms with van der Waals surface area (Å²) in [6, 6.07) is 4.67. The number of nitrogens with one attached hydrogen (secondary N) is 2. The fraction of sp³-hybridized carbons (Fsp3) is 0.632. The van der Waals surface area contributed by atoms with E-state index < -0.39 is 0 Å². The summed E-state index contributed by atoms with van der Waals surface area (Å²) in [7, 11) is 0. The lowest BCUT2D eigenvalue weighted by Gasteiger charge is -2.37. The van der Waals surface area contributed by atoms with Crippen LogP contribution in [0.1, 0.15) is 49.3 Å². The molecule has 0 unspecified atom stereocenters. The van der Waals surface area contributed by atoms with Crippen LogP contribution in [0.3, 0.4) is 0 Å². The second kappa shape index (κ2) is 6.92. The van der Waals surface area contributed by atoms with Crippen LogP contribution in [0.15, 0.2) is 18.2 Å². The molecule has 1 spiro atoms. The standard InChI is InChI=1S/C19H25FN2O3/c20-14-5-4-13-2-1-3-17(16(13)10-14)22-18(23)21-15-6-8-25-19(11-15)7-9-24-12-19/h4-5,10,15,17H,1-3,6-9,11-12H2,(H2,21,22,23)/t15-,17-,19+/m0/s1. The summed E-state index contributed by atoms with van der Waals surface area (Å²) in [6.45, 7) is 1.98. The highest BCUT2D eigenvalue weighted by atomic mass is 19.1. The number of halogens is 1. The third-order valence-electron chi connectivity index (χ3n) is 5.62. The van der Waals surface area contributed by atoms with Gasteiger partial charge in [-0.3, -0.25) is 0 Å². The summed E-state index contributed by atoms with van der Waals surface area (Å²) >= 11 is 0. The average Bonchev–Trinajstić information content (AvgIpc) is 3.03. The van der Waals surface area contributed by atoms with Crippen LogP contribution >= 0.6 is 0 Å². The number of benzene rings is 1. The van der Waals surface area contributed by atoms with Gasteiger partial charge in [0.15, 0.2) is 0 Å². The van der Waals surface area contributed by atoms with Crippen LogP contribution in [0.2, 0.25) is 0 Å². The summed E-state index contributed by atoms with van der Waals surface area (Å²) in [5, 5.41) is 6.12. The van der Waals surface area contributed by atoms with Crippen LogP contribution in [0.5, 0.6) is 0 Å². The predicted octanol–water partition coefficient (Wildman–Crippen LogP) is 2.84. The van der Waals surface area contributed by atoms with Crippen LogP contribution in [0.4, 0.5) is 9.18 Å². The van der Waals surface area contributed by atoms with Crippen molar-refractivity contribution in [2.45, 2.75) is 56.2 Å². The van der Waals surface area contributed by atoms with Crippen molar-refractivity contribution in [3.63, 3.8) is 0 Å². The van der Waals surface area contributed by atoms with Crippen molar-refractivity contribution in [2.75, 3.05) is 19.8 Å². The minimum Gasteiger partial charge on any atom is -0.378 e. The highest BCUT2D eigenvalue weighted by Gasteiger charge is 2.41. The van der Waals surface area contributed by atoms with Crippen molar-refractivity contribution in [2.24, 2.45) is 0 Å². The Balaban J connectivity index is 1.37. The van der Waals surface area contributed by atoms with Crippen LogP contribution < -0.4 is 10.6 Å². The smallest absolute Gasteiger partial charge is 0.315 e. The van der Waals surface area contributed by atoms with Crippen molar-refractivity contribution in [3.05, 3.63) is 35.1 Å². The summed E-state index contributed by atoms with van der Waals surface area (Å²) in [5.74, 6) is -0.250. The maximum absolute atomic E-state index is 13.6. The van der Waals surface area contributed by atoms with Crippen molar-refractivity contribution >= 4 is 6.03 Å². The molecule has 0 saturated carbocycles. The fourth-order valence-electron chi connectivity index (χ4n) is 4.32. The Kier molecular flexibility index (Phi) is 4.65. The maximum atomic E-state index is 13.6. The molecule has 0 radical (unpaired) electrons. The number of fused-ring (bicyclic) bond motifs is 1. The highest BCUT2D eigenvalue weighted by molar-refractivity contribution is 5.75. The molecule has 2 saturated heterocycles. The van der Waals surface area contributed by atoms with Gasteiger partial charge in [0.2, 0.25) is 0 Å². The molecule has 2 fully saturated rings. The first-order valence-corrected chi connectivity index (χ1v) is 9.21. The zero-order valence-corrected chi connectivity index (χ0v) is 14.4. The topological polar surface area (TPSA) is 59.6 Å². The molecule has 3 atom stereocenters. The van der Waals surface area contributed by atoms with E-state index >= 15 is 0 Å². The van der Waals surface area contributed by atoms with E-state index in [2.05, 4.69) is 10.6 Å². The predicted molar refractivity (Wildman–Crippen MR) is 90.9 cm³/mol. The third kappa shape index (κ3) is 3.65. The number of aryl methyl sites for hydroxylation is 1. The first-order valence-electron chi connectivity index (χ1n) is 9.21. The zero-order chi connectivity index (χ0) is 17.3. The van der Waals surface area contributed by atoms with Gasteiger partial charge in [0.1, 0.15) is 5.82 Å². The number of hydrogen-bond acceptors (Lipinski definition) is 3. The molecule has 2 N–H and O–H groups in total. The average molecular weight is 348 g/mol. The molecule has 6 heteroatoms. The summed E-state index contributed by atoms with van der Waals surface area (Å²) in [4.78, 5) is 12.5. The quantitative estimate of drug-likeness (QED) is 0.864. The summed E-state index contributed by atoms with van der Waals surface area (Å²) in [6.07, 6.45) is 5.28. The molecule has 0 aromatic heterocycles. The van der Waals surface area contributed by atoms with Crippen LogP contribution in [-0.4, -0.2) is 37.5 Å². The summed E-state index contributed by atoms with van der Waals surface area (Å²) in [5.41, 5.74) is 1.82. The molecule has 136 valence electrons. The van der Waals surface area contributed by atoms with E-state index in [-0.39, 0.29) is 29.5 Å². The van der Waals surface area contributed by atoms with E-state index in [1.807, 2.05) is 6.07 Å². The molecule has 4 rings (SSSR count). The van der Waals surface area contributed by atoms with Crippen molar-refractivity contribution in [1.82, 2.24) is 10.6 Å². The lowest BCUT2D eigenvalue weighted by Crippen LogP contribution is -2.51. The molecule has 5 nitrogen and oxygen atoms in total. The van der Waals surface area contributed by atoms with E-state index in [0.717, 1.165) is 56.3 Å². The largest absolute Gasteiger partial charge is 0.378 e. The van der Waals surface area contributed by atoms with Gasteiger partial charge in [-0.1, -0.05) is 6.07 Å². The molecule has 2 amide bonds. The Labute approximate surface area is 147 Å². The van der Waals surface area contributed by atoms with Gasteiger partial charge in [0, 0.05) is 25.7 Å². The molecule has 1 aliphatic carbocycles. The third-order valence-corrected chi connectivity index (χ3v) is 5.62. The van der Waals surface area contributed by atoms with Crippen LogP contribution in [0, 0.1) is 5.82 Å².